The molecule has 1 amide bonds. The standard InChI is InChI=1S/C13H13N3O/c14-11-7-4-8-12(9-11)15-16-13(17)10-5-2-1-3-6-10/h1-9,15H,14H2,(H,16,17). The predicted molar refractivity (Wildman–Crippen MR) is 68.4 cm³/mol. The highest BCUT2D eigenvalue weighted by atomic mass is 16.2. The molecule has 4 nitrogen and oxygen atoms in total. The molecule has 0 spiro atoms. The Labute approximate surface area is 99.4 Å². The molecule has 17 heavy (non-hydrogen) atoms. The second-order valence-electron chi connectivity index (χ2n) is 3.57. The summed E-state index contributed by atoms with van der Waals surface area (Å²) in [6.45, 7) is 0. The molecule has 4 heteroatoms. The average molecular weight is 227 g/mol. The second kappa shape index (κ2) is 5.03. The van der Waals surface area contributed by atoms with Gasteiger partial charge in [0.2, 0.25) is 0 Å². The quantitative estimate of drug-likeness (QED) is 0.555. The van der Waals surface area contributed by atoms with Gasteiger partial charge in [-0.1, -0.05) is 24.3 Å². The van der Waals surface area contributed by atoms with Gasteiger partial charge in [0.1, 0.15) is 0 Å². The summed E-state index contributed by atoms with van der Waals surface area (Å²) in [6, 6.07) is 16.1. The van der Waals surface area contributed by atoms with Crippen molar-refractivity contribution < 1.29 is 4.79 Å². The number of rotatable bonds is 3. The first-order chi connectivity index (χ1) is 8.25. The fourth-order valence-corrected chi connectivity index (χ4v) is 1.41. The zero-order valence-electron chi connectivity index (χ0n) is 9.18. The molecule has 2 aromatic carbocycles. The zero-order valence-corrected chi connectivity index (χ0v) is 9.18. The van der Waals surface area contributed by atoms with Crippen LogP contribution in [-0.2, 0) is 0 Å². The lowest BCUT2D eigenvalue weighted by Crippen LogP contribution is -2.29. The molecule has 0 aromatic heterocycles. The molecular formula is C13H13N3O. The first-order valence-corrected chi connectivity index (χ1v) is 5.22. The SMILES string of the molecule is Nc1cccc(NNC(=O)c2ccccc2)c1. The normalized spacial score (nSPS) is 9.65. The molecule has 0 bridgehead atoms. The van der Waals surface area contributed by atoms with Gasteiger partial charge in [0, 0.05) is 11.3 Å². The number of nitrogen functional groups attached to an aromatic ring is 1. The summed E-state index contributed by atoms with van der Waals surface area (Å²) in [5.74, 6) is -0.187. The summed E-state index contributed by atoms with van der Waals surface area (Å²) in [5, 5.41) is 0. The smallest absolute Gasteiger partial charge is 0.269 e. The van der Waals surface area contributed by atoms with E-state index in [2.05, 4.69) is 10.9 Å². The van der Waals surface area contributed by atoms with Crippen LogP contribution in [0.4, 0.5) is 11.4 Å². The van der Waals surface area contributed by atoms with E-state index in [0.29, 0.717) is 11.3 Å². The van der Waals surface area contributed by atoms with Crippen molar-refractivity contribution in [3.8, 4) is 0 Å². The second-order valence-corrected chi connectivity index (χ2v) is 3.57. The maximum absolute atomic E-state index is 11.7. The molecule has 0 atom stereocenters. The summed E-state index contributed by atoms with van der Waals surface area (Å²) >= 11 is 0. The lowest BCUT2D eigenvalue weighted by molar-refractivity contribution is 0.0962. The van der Waals surface area contributed by atoms with Crippen molar-refractivity contribution >= 4 is 17.3 Å². The van der Waals surface area contributed by atoms with Crippen LogP contribution < -0.4 is 16.6 Å². The molecular weight excluding hydrogens is 214 g/mol. The number of carbonyl (C=O) groups is 1. The first-order valence-electron chi connectivity index (χ1n) is 5.22. The number of hydrazine groups is 1. The van der Waals surface area contributed by atoms with Gasteiger partial charge >= 0.3 is 0 Å². The number of hydrogen-bond donors (Lipinski definition) is 3. The van der Waals surface area contributed by atoms with Crippen LogP contribution in [0, 0.1) is 0 Å². The van der Waals surface area contributed by atoms with E-state index < -0.39 is 0 Å². The largest absolute Gasteiger partial charge is 0.399 e. The minimum atomic E-state index is -0.187. The average Bonchev–Trinajstić information content (AvgIpc) is 2.37. The Morgan fingerprint density at radius 3 is 2.47 bits per heavy atom. The minimum Gasteiger partial charge on any atom is -0.399 e. The lowest BCUT2D eigenvalue weighted by atomic mass is 10.2. The Bertz CT molecular complexity index is 511. The fourth-order valence-electron chi connectivity index (χ4n) is 1.41. The summed E-state index contributed by atoms with van der Waals surface area (Å²) in [6.07, 6.45) is 0. The lowest BCUT2D eigenvalue weighted by Gasteiger charge is -2.08. The van der Waals surface area contributed by atoms with Crippen molar-refractivity contribution in [1.82, 2.24) is 5.43 Å². The highest BCUT2D eigenvalue weighted by Crippen LogP contribution is 2.10. The highest BCUT2D eigenvalue weighted by Gasteiger charge is 2.02. The minimum absolute atomic E-state index is 0.187. The summed E-state index contributed by atoms with van der Waals surface area (Å²) in [7, 11) is 0. The predicted octanol–water partition coefficient (Wildman–Crippen LogP) is 2.03. The van der Waals surface area contributed by atoms with Crippen molar-refractivity contribution in [3.63, 3.8) is 0 Å². The van der Waals surface area contributed by atoms with Gasteiger partial charge in [-0.05, 0) is 30.3 Å². The molecule has 4 N–H and O–H groups in total. The van der Waals surface area contributed by atoms with Gasteiger partial charge in [-0.25, -0.2) is 0 Å². The van der Waals surface area contributed by atoms with Crippen LogP contribution >= 0.6 is 0 Å². The topological polar surface area (TPSA) is 67.2 Å². The maximum Gasteiger partial charge on any atom is 0.269 e. The summed E-state index contributed by atoms with van der Waals surface area (Å²) in [4.78, 5) is 11.7. The van der Waals surface area contributed by atoms with Crippen LogP contribution in [-0.4, -0.2) is 5.91 Å². The van der Waals surface area contributed by atoms with Gasteiger partial charge in [0.25, 0.3) is 5.91 Å². The number of carbonyl (C=O) groups excluding carboxylic acids is 1. The Hall–Kier alpha value is -2.49. The number of amides is 1. The number of nitrogens with two attached hydrogens (primary N) is 1. The monoisotopic (exact) mass is 227 g/mol. The van der Waals surface area contributed by atoms with Gasteiger partial charge in [-0.2, -0.15) is 0 Å². The van der Waals surface area contributed by atoms with Crippen molar-refractivity contribution in [2.45, 2.75) is 0 Å². The molecule has 0 heterocycles. The third-order valence-corrected chi connectivity index (χ3v) is 2.24. The number of nitrogens with one attached hydrogen (secondary N) is 2. The molecule has 2 rings (SSSR count). The molecule has 0 saturated heterocycles. The highest BCUT2D eigenvalue weighted by molar-refractivity contribution is 5.94. The van der Waals surface area contributed by atoms with Crippen molar-refractivity contribution in [1.29, 1.82) is 0 Å². The third-order valence-electron chi connectivity index (χ3n) is 2.24. The van der Waals surface area contributed by atoms with Crippen LogP contribution in [0.3, 0.4) is 0 Å². The number of benzene rings is 2. The van der Waals surface area contributed by atoms with E-state index in [4.69, 9.17) is 5.73 Å². The van der Waals surface area contributed by atoms with E-state index in [0.717, 1.165) is 5.69 Å². The van der Waals surface area contributed by atoms with Gasteiger partial charge in [0.05, 0.1) is 5.69 Å². The molecule has 0 unspecified atom stereocenters. The van der Waals surface area contributed by atoms with Crippen molar-refractivity contribution in [2.75, 3.05) is 11.2 Å². The Kier molecular flexibility index (Phi) is 3.25. The molecule has 0 fully saturated rings. The van der Waals surface area contributed by atoms with E-state index in [1.165, 1.54) is 0 Å². The zero-order chi connectivity index (χ0) is 12.1. The third kappa shape index (κ3) is 2.98. The van der Waals surface area contributed by atoms with E-state index in [-0.39, 0.29) is 5.91 Å². The summed E-state index contributed by atoms with van der Waals surface area (Å²) in [5.41, 5.74) is 13.0. The molecule has 0 aliphatic rings. The number of anilines is 2. The van der Waals surface area contributed by atoms with Gasteiger partial charge in [0.15, 0.2) is 0 Å². The molecule has 2 aromatic rings. The van der Waals surface area contributed by atoms with E-state index in [1.807, 2.05) is 30.3 Å². The molecule has 86 valence electrons. The molecule has 0 saturated carbocycles. The van der Waals surface area contributed by atoms with Gasteiger partial charge in [-0.3, -0.25) is 15.6 Å². The molecule has 0 aliphatic carbocycles. The molecule has 0 radical (unpaired) electrons. The number of hydrogen-bond acceptors (Lipinski definition) is 3. The van der Waals surface area contributed by atoms with E-state index in [9.17, 15) is 4.79 Å². The van der Waals surface area contributed by atoms with Crippen LogP contribution in [0.25, 0.3) is 0 Å². The van der Waals surface area contributed by atoms with Crippen LogP contribution in [0.15, 0.2) is 54.6 Å². The Morgan fingerprint density at radius 2 is 1.76 bits per heavy atom. The van der Waals surface area contributed by atoms with Crippen molar-refractivity contribution in [3.05, 3.63) is 60.2 Å². The maximum atomic E-state index is 11.7. The Balaban J connectivity index is 1.97. The molecule has 0 aliphatic heterocycles. The van der Waals surface area contributed by atoms with Crippen LogP contribution in [0.1, 0.15) is 10.4 Å². The van der Waals surface area contributed by atoms with Gasteiger partial charge in [-0.15, -0.1) is 0 Å². The van der Waals surface area contributed by atoms with E-state index in [1.54, 1.807) is 24.3 Å². The van der Waals surface area contributed by atoms with Crippen LogP contribution in [0.5, 0.6) is 0 Å². The summed E-state index contributed by atoms with van der Waals surface area (Å²) < 4.78 is 0. The van der Waals surface area contributed by atoms with Gasteiger partial charge < -0.3 is 5.73 Å². The fraction of sp³-hybridized carbons (Fsp3) is 0. The van der Waals surface area contributed by atoms with E-state index >= 15 is 0 Å². The van der Waals surface area contributed by atoms with Crippen molar-refractivity contribution in [2.24, 2.45) is 0 Å². The Morgan fingerprint density at radius 1 is 1.00 bits per heavy atom. The first kappa shape index (κ1) is 11.0. The van der Waals surface area contributed by atoms with Crippen LogP contribution in [0.2, 0.25) is 0 Å².